The van der Waals surface area contributed by atoms with Crippen LogP contribution >= 0.6 is 11.8 Å². The molecule has 0 unspecified atom stereocenters. The van der Waals surface area contributed by atoms with Crippen LogP contribution in [0.1, 0.15) is 26.7 Å². The third kappa shape index (κ3) is 4.21. The zero-order chi connectivity index (χ0) is 23.0. The van der Waals surface area contributed by atoms with Gasteiger partial charge >= 0.3 is 5.97 Å². The molecule has 2 fully saturated rings. The summed E-state index contributed by atoms with van der Waals surface area (Å²) in [6.45, 7) is 11.0. The van der Waals surface area contributed by atoms with Gasteiger partial charge in [0.15, 0.2) is 0 Å². The van der Waals surface area contributed by atoms with Crippen molar-refractivity contribution in [2.24, 2.45) is 17.8 Å². The topological polar surface area (TPSA) is 111 Å². The average Bonchev–Trinajstić information content (AvgIpc) is 3.23. The number of fused-ring (bicyclic) bond motifs is 1. The number of thioether (sulfide) groups is 1. The smallest absolute Gasteiger partial charge is 0.353 e. The van der Waals surface area contributed by atoms with Crippen LogP contribution < -0.4 is 5.32 Å². The van der Waals surface area contributed by atoms with Gasteiger partial charge in [-0.05, 0) is 12.3 Å². The lowest BCUT2D eigenvalue weighted by atomic mass is 9.73. The molecule has 3 heterocycles. The van der Waals surface area contributed by atoms with E-state index < -0.39 is 11.9 Å². The molecule has 0 aromatic carbocycles. The van der Waals surface area contributed by atoms with Gasteiger partial charge < -0.3 is 25.1 Å². The number of carboxylic acid groups (broad SMARTS) is 1. The Bertz CT molecular complexity index is 879. The number of nitrogens with one attached hydrogen (secondary N) is 1. The largest absolute Gasteiger partial charge is 0.477 e. The fourth-order valence-corrected chi connectivity index (χ4v) is 6.36. The van der Waals surface area contributed by atoms with Crippen LogP contribution in [0, 0.1) is 24.3 Å². The van der Waals surface area contributed by atoms with Gasteiger partial charge in [-0.25, -0.2) is 11.4 Å². The fraction of sp³-hybridized carbons (Fsp3) is 0.667. The van der Waals surface area contributed by atoms with Gasteiger partial charge in [0.1, 0.15) is 5.70 Å². The lowest BCUT2D eigenvalue weighted by Crippen LogP contribution is -2.62. The molecule has 168 valence electrons. The Kier molecular flexibility index (Phi) is 6.76. The normalized spacial score (nSPS) is 30.5. The van der Waals surface area contributed by atoms with Gasteiger partial charge in [0.05, 0.1) is 18.0 Å². The molecule has 3 rings (SSSR count). The summed E-state index contributed by atoms with van der Waals surface area (Å²) in [5.41, 5.74) is 0.0332. The first-order valence-corrected chi connectivity index (χ1v) is 11.2. The van der Waals surface area contributed by atoms with Crippen molar-refractivity contribution in [2.45, 2.75) is 44.0 Å². The van der Waals surface area contributed by atoms with Crippen molar-refractivity contribution in [1.82, 2.24) is 15.1 Å². The van der Waals surface area contributed by atoms with Crippen LogP contribution in [0.2, 0.25) is 0 Å². The quantitative estimate of drug-likeness (QED) is 0.418. The van der Waals surface area contributed by atoms with Gasteiger partial charge in [-0.15, -0.1) is 11.8 Å². The first-order valence-electron chi connectivity index (χ1n) is 10.3. The lowest BCUT2D eigenvalue weighted by molar-refractivity contribution is -0.160. The lowest BCUT2D eigenvalue weighted by Gasteiger charge is -2.47. The molecule has 0 aliphatic carbocycles. The number of amides is 2. The summed E-state index contributed by atoms with van der Waals surface area (Å²) in [7, 11) is 3.41. The van der Waals surface area contributed by atoms with E-state index in [2.05, 4.69) is 10.2 Å². The van der Waals surface area contributed by atoms with E-state index in [-0.39, 0.29) is 65.4 Å². The van der Waals surface area contributed by atoms with Crippen LogP contribution in [0.25, 0.3) is 4.85 Å². The number of likely N-dealkylation sites (N-methyl/N-ethyl adjacent to an activating group) is 1. The Balaban J connectivity index is 1.75. The van der Waals surface area contributed by atoms with E-state index in [1.165, 1.54) is 21.6 Å². The van der Waals surface area contributed by atoms with Gasteiger partial charge in [-0.3, -0.25) is 14.4 Å². The molecule has 3 aliphatic heterocycles. The number of carbonyl (C=O) groups is 4. The predicted octanol–water partition coefficient (Wildman–Crippen LogP) is 0.826. The molecule has 10 heteroatoms. The van der Waals surface area contributed by atoms with Crippen molar-refractivity contribution in [1.29, 1.82) is 0 Å². The second-order valence-corrected chi connectivity index (χ2v) is 10.1. The monoisotopic (exact) mass is 448 g/mol. The Morgan fingerprint density at radius 3 is 2.65 bits per heavy atom. The molecule has 0 spiro atoms. The highest BCUT2D eigenvalue weighted by Gasteiger charge is 2.60. The molecular weight excluding hydrogens is 420 g/mol. The van der Waals surface area contributed by atoms with E-state index in [4.69, 9.17) is 6.57 Å². The van der Waals surface area contributed by atoms with Crippen LogP contribution in [0.5, 0.6) is 0 Å². The summed E-state index contributed by atoms with van der Waals surface area (Å²) < 4.78 is 0. The molecular formula is C21H28N4O5S. The Labute approximate surface area is 186 Å². The number of aliphatic carboxylic acids is 1. The number of carboxylic acids is 1. The molecule has 0 radical (unpaired) electrons. The maximum Gasteiger partial charge on any atom is 0.353 e. The first-order chi connectivity index (χ1) is 14.6. The number of β-lactam (4-membered cyclic amide) rings is 1. The SMILES string of the molecule is [C-]#[N+]CC(=O)C[C@H](C)[C@H]1C(=O)N2C(C(=O)O)=C(S[C@@H]3CN[C@H](C(=O)N(C)C)C3)[C@H](C)[C@H]12. The zero-order valence-corrected chi connectivity index (χ0v) is 18.9. The molecule has 31 heavy (non-hydrogen) atoms. The van der Waals surface area contributed by atoms with Gasteiger partial charge in [0.2, 0.25) is 17.6 Å². The molecule has 0 aromatic rings. The van der Waals surface area contributed by atoms with Crippen molar-refractivity contribution in [3.8, 4) is 0 Å². The second kappa shape index (κ2) is 9.01. The van der Waals surface area contributed by atoms with Crippen LogP contribution in [0.4, 0.5) is 0 Å². The number of hydrogen-bond donors (Lipinski definition) is 2. The predicted molar refractivity (Wildman–Crippen MR) is 115 cm³/mol. The molecule has 0 saturated carbocycles. The number of nitrogens with zero attached hydrogens (tertiary/aromatic N) is 3. The summed E-state index contributed by atoms with van der Waals surface area (Å²) in [6.07, 6.45) is 0.732. The van der Waals surface area contributed by atoms with Crippen LogP contribution in [-0.2, 0) is 19.2 Å². The third-order valence-corrected chi connectivity index (χ3v) is 7.84. The standard InChI is InChI=1S/C21H28N4O5S/c1-10(6-12(26)8-22-3)15-16-11(2)18(17(21(29)30)25(16)20(15)28)31-13-7-14(23-9-13)19(27)24(4)5/h10-11,13-16,23H,6-9H2,1-2,4-5H3,(H,29,30)/t10-,11+,13-,14-,15+,16+/m0/s1. The van der Waals surface area contributed by atoms with E-state index in [1.54, 1.807) is 14.1 Å². The van der Waals surface area contributed by atoms with E-state index in [0.29, 0.717) is 17.9 Å². The van der Waals surface area contributed by atoms with Crippen LogP contribution in [0.3, 0.4) is 0 Å². The van der Waals surface area contributed by atoms with Crippen molar-refractivity contribution in [3.05, 3.63) is 22.0 Å². The maximum atomic E-state index is 12.9. The van der Waals surface area contributed by atoms with Crippen molar-refractivity contribution >= 4 is 35.3 Å². The summed E-state index contributed by atoms with van der Waals surface area (Å²) in [5.74, 6) is -2.45. The van der Waals surface area contributed by atoms with Crippen LogP contribution in [0.15, 0.2) is 10.6 Å². The Morgan fingerprint density at radius 1 is 1.39 bits per heavy atom. The summed E-state index contributed by atoms with van der Waals surface area (Å²) in [5, 5.41) is 13.1. The third-order valence-electron chi connectivity index (χ3n) is 6.33. The van der Waals surface area contributed by atoms with Gasteiger partial charge in [0.25, 0.3) is 6.54 Å². The maximum absolute atomic E-state index is 12.9. The molecule has 2 amide bonds. The first kappa shape index (κ1) is 23.3. The van der Waals surface area contributed by atoms with E-state index in [9.17, 15) is 24.3 Å². The highest BCUT2D eigenvalue weighted by atomic mass is 32.2. The minimum atomic E-state index is -1.13. The molecule has 2 N–H and O–H groups in total. The number of Topliss-reactive ketones (excluding diaryl/α,β-unsaturated/α-hetero) is 1. The van der Waals surface area contributed by atoms with E-state index >= 15 is 0 Å². The Morgan fingerprint density at radius 2 is 2.06 bits per heavy atom. The van der Waals surface area contributed by atoms with Crippen molar-refractivity contribution < 1.29 is 24.3 Å². The fourth-order valence-electron chi connectivity index (χ4n) is 4.88. The molecule has 2 saturated heterocycles. The van der Waals surface area contributed by atoms with Crippen LogP contribution in [-0.4, -0.2) is 83.0 Å². The minimum Gasteiger partial charge on any atom is -0.477 e. The molecule has 6 atom stereocenters. The summed E-state index contributed by atoms with van der Waals surface area (Å²) >= 11 is 1.44. The number of ketones is 1. The number of carbonyl (C=O) groups excluding carboxylic acids is 3. The number of rotatable bonds is 8. The summed E-state index contributed by atoms with van der Waals surface area (Å²) in [6, 6.07) is -0.580. The molecule has 3 aliphatic rings. The van der Waals surface area contributed by atoms with E-state index in [1.807, 2.05) is 13.8 Å². The van der Waals surface area contributed by atoms with E-state index in [0.717, 1.165) is 0 Å². The zero-order valence-electron chi connectivity index (χ0n) is 18.1. The van der Waals surface area contributed by atoms with Gasteiger partial charge in [0, 0.05) is 43.1 Å². The minimum absolute atomic E-state index is 0.00743. The molecule has 9 nitrogen and oxygen atoms in total. The highest BCUT2D eigenvalue weighted by Crippen LogP contribution is 2.53. The number of hydrogen-bond acceptors (Lipinski definition) is 6. The van der Waals surface area contributed by atoms with Crippen molar-refractivity contribution in [2.75, 3.05) is 27.2 Å². The average molecular weight is 449 g/mol. The summed E-state index contributed by atoms with van der Waals surface area (Å²) in [4.78, 5) is 55.7. The second-order valence-electron chi connectivity index (χ2n) is 8.74. The highest BCUT2D eigenvalue weighted by molar-refractivity contribution is 8.03. The van der Waals surface area contributed by atoms with Gasteiger partial charge in [-0.1, -0.05) is 13.8 Å². The molecule has 0 bridgehead atoms. The van der Waals surface area contributed by atoms with Crippen molar-refractivity contribution in [3.63, 3.8) is 0 Å². The molecule has 0 aromatic heterocycles. The van der Waals surface area contributed by atoms with Gasteiger partial charge in [-0.2, -0.15) is 0 Å². The Hall–Kier alpha value is -2.38.